The molecule has 1 amide bonds. The lowest BCUT2D eigenvalue weighted by Crippen LogP contribution is -2.18. The highest BCUT2D eigenvalue weighted by molar-refractivity contribution is 8.27. The predicted molar refractivity (Wildman–Crippen MR) is 60.1 cm³/mol. The van der Waals surface area contributed by atoms with Crippen LogP contribution in [-0.2, 0) is 4.79 Å². The first kappa shape index (κ1) is 10.5. The molecule has 15 heavy (non-hydrogen) atoms. The van der Waals surface area contributed by atoms with Gasteiger partial charge in [-0.3, -0.25) is 13.9 Å². The summed E-state index contributed by atoms with van der Waals surface area (Å²) in [4.78, 5) is 11.8. The molecule has 0 bridgehead atoms. The van der Waals surface area contributed by atoms with E-state index >= 15 is 0 Å². The highest BCUT2D eigenvalue weighted by atomic mass is 32.3. The maximum atomic E-state index is 11.5. The number of amides is 1. The number of hydrogen-bond acceptors (Lipinski definition) is 3. The fourth-order valence-electron chi connectivity index (χ4n) is 1.63. The van der Waals surface area contributed by atoms with Crippen molar-refractivity contribution in [3.63, 3.8) is 0 Å². The van der Waals surface area contributed by atoms with Crippen LogP contribution in [0, 0.1) is 5.41 Å². The van der Waals surface area contributed by atoms with Gasteiger partial charge in [0.1, 0.15) is 0 Å². The van der Waals surface area contributed by atoms with Gasteiger partial charge in [0.25, 0.3) is 5.91 Å². The van der Waals surface area contributed by atoms with E-state index in [1.54, 1.807) is 18.2 Å². The molecule has 5 heteroatoms. The molecule has 1 aliphatic heterocycles. The monoisotopic (exact) mass is 227 g/mol. The van der Waals surface area contributed by atoms with Crippen molar-refractivity contribution in [3.05, 3.63) is 34.8 Å². The van der Waals surface area contributed by atoms with Crippen molar-refractivity contribution in [1.82, 2.24) is 4.72 Å². The summed E-state index contributed by atoms with van der Waals surface area (Å²) in [5.74, 6) is -0.418. The normalized spacial score (nSPS) is 28.4. The summed E-state index contributed by atoms with van der Waals surface area (Å²) < 4.78 is 21.4. The highest BCUT2D eigenvalue weighted by Crippen LogP contribution is 2.53. The van der Waals surface area contributed by atoms with Gasteiger partial charge in [0.15, 0.2) is 0 Å². The van der Waals surface area contributed by atoms with Gasteiger partial charge >= 0.3 is 0 Å². The van der Waals surface area contributed by atoms with Crippen molar-refractivity contribution in [2.45, 2.75) is 13.8 Å². The Balaban J connectivity index is 2.57. The molecule has 2 aliphatic rings. The van der Waals surface area contributed by atoms with Crippen LogP contribution in [0.25, 0.3) is 0 Å². The molecule has 0 radical (unpaired) electrons. The van der Waals surface area contributed by atoms with E-state index in [9.17, 15) is 13.9 Å². The Bertz CT molecular complexity index is 418. The van der Waals surface area contributed by atoms with Crippen molar-refractivity contribution in [1.29, 1.82) is 0 Å². The third kappa shape index (κ3) is 1.73. The van der Waals surface area contributed by atoms with Gasteiger partial charge in [0, 0.05) is 5.41 Å². The number of nitrogens with one attached hydrogen (secondary N) is 1. The Morgan fingerprint density at radius 1 is 1.40 bits per heavy atom. The van der Waals surface area contributed by atoms with Gasteiger partial charge < -0.3 is 0 Å². The van der Waals surface area contributed by atoms with E-state index < -0.39 is 16.7 Å². The number of carbonyl (C=O) groups is 1. The molecule has 2 rings (SSSR count). The summed E-state index contributed by atoms with van der Waals surface area (Å²) in [6, 6.07) is 0. The molecular weight excluding hydrogens is 214 g/mol. The number of rotatable bonds is 0. The van der Waals surface area contributed by atoms with Crippen LogP contribution in [0.2, 0.25) is 0 Å². The average molecular weight is 227 g/mol. The molecule has 0 aromatic heterocycles. The van der Waals surface area contributed by atoms with E-state index in [0.717, 1.165) is 0 Å². The zero-order chi connectivity index (χ0) is 11.3. The topological polar surface area (TPSA) is 69.6 Å². The Hall–Kier alpha value is -1.04. The minimum Gasteiger partial charge on any atom is -0.278 e. The lowest BCUT2D eigenvalue weighted by Gasteiger charge is -2.26. The Labute approximate surface area is 89.9 Å². The van der Waals surface area contributed by atoms with Crippen molar-refractivity contribution in [3.8, 4) is 0 Å². The maximum absolute atomic E-state index is 11.5. The molecule has 3 N–H and O–H groups in total. The van der Waals surface area contributed by atoms with Crippen LogP contribution < -0.4 is 4.72 Å². The second-order valence-corrected chi connectivity index (χ2v) is 5.99. The van der Waals surface area contributed by atoms with E-state index in [-0.39, 0.29) is 10.3 Å². The largest absolute Gasteiger partial charge is 0.278 e. The van der Waals surface area contributed by atoms with Crippen LogP contribution in [0.5, 0.6) is 0 Å². The molecule has 0 unspecified atom stereocenters. The molecule has 0 aromatic rings. The summed E-state index contributed by atoms with van der Waals surface area (Å²) in [6.07, 6.45) is 6.98. The zero-order valence-corrected chi connectivity index (χ0v) is 9.34. The number of fused-ring (bicyclic) bond motifs is 1. The smallest absolute Gasteiger partial charge is 0.271 e. The average Bonchev–Trinajstić information content (AvgIpc) is 2.25. The molecule has 1 aliphatic carbocycles. The first-order valence-corrected chi connectivity index (χ1v) is 6.10. The second-order valence-electron chi connectivity index (χ2n) is 4.25. The van der Waals surface area contributed by atoms with E-state index in [2.05, 4.69) is 4.72 Å². The minimum absolute atomic E-state index is 0.259. The molecule has 0 spiro atoms. The standard InChI is InChI=1S/C10H13NO3S/c1-10(2)5-3-4-8-7(6-10)9(12)11-15(8,13)14/h3-6,13-14H,1-2H3,(H,11,12). The Morgan fingerprint density at radius 3 is 2.73 bits per heavy atom. The van der Waals surface area contributed by atoms with Crippen molar-refractivity contribution in [2.75, 3.05) is 0 Å². The van der Waals surface area contributed by atoms with Crippen LogP contribution in [0.1, 0.15) is 13.8 Å². The first-order valence-electron chi connectivity index (χ1n) is 4.55. The molecule has 1 saturated heterocycles. The van der Waals surface area contributed by atoms with E-state index in [4.69, 9.17) is 0 Å². The summed E-state index contributed by atoms with van der Waals surface area (Å²) in [5, 5.41) is 0. The Kier molecular flexibility index (Phi) is 2.08. The predicted octanol–water partition coefficient (Wildman–Crippen LogP) is 2.19. The van der Waals surface area contributed by atoms with Gasteiger partial charge in [0.2, 0.25) is 0 Å². The zero-order valence-electron chi connectivity index (χ0n) is 8.52. The summed E-state index contributed by atoms with van der Waals surface area (Å²) in [6.45, 7) is 3.90. The fourth-order valence-corrected chi connectivity index (χ4v) is 2.83. The fraction of sp³-hybridized carbons (Fsp3) is 0.300. The lowest BCUT2D eigenvalue weighted by molar-refractivity contribution is -0.115. The highest BCUT2D eigenvalue weighted by Gasteiger charge is 2.37. The molecule has 4 nitrogen and oxygen atoms in total. The molecule has 1 fully saturated rings. The van der Waals surface area contributed by atoms with Crippen LogP contribution in [0.15, 0.2) is 34.8 Å². The molecule has 1 heterocycles. The SMILES string of the molecule is CC1(C)C=CC=C2C(=C1)C(=O)NS2(O)O. The minimum atomic E-state index is -3.13. The summed E-state index contributed by atoms with van der Waals surface area (Å²) in [7, 11) is -3.13. The number of allylic oxidation sites excluding steroid dienone is 4. The van der Waals surface area contributed by atoms with E-state index in [1.165, 1.54) is 0 Å². The van der Waals surface area contributed by atoms with Crippen molar-refractivity contribution in [2.24, 2.45) is 5.41 Å². The third-order valence-corrected chi connectivity index (χ3v) is 3.78. The number of carbonyl (C=O) groups excluding carboxylic acids is 1. The number of hydrogen-bond donors (Lipinski definition) is 3. The molecular formula is C10H13NO3S. The van der Waals surface area contributed by atoms with Crippen LogP contribution in [0.4, 0.5) is 0 Å². The summed E-state index contributed by atoms with van der Waals surface area (Å²) in [5.41, 5.74) is 0.107. The lowest BCUT2D eigenvalue weighted by atomic mass is 9.91. The van der Waals surface area contributed by atoms with Crippen molar-refractivity contribution >= 4 is 16.7 Å². The van der Waals surface area contributed by atoms with E-state index in [1.807, 2.05) is 19.9 Å². The van der Waals surface area contributed by atoms with Crippen molar-refractivity contribution < 1.29 is 13.9 Å². The van der Waals surface area contributed by atoms with Gasteiger partial charge in [-0.05, 0) is 6.08 Å². The Morgan fingerprint density at radius 2 is 2.07 bits per heavy atom. The molecule has 82 valence electrons. The van der Waals surface area contributed by atoms with Gasteiger partial charge in [-0.2, -0.15) is 0 Å². The van der Waals surface area contributed by atoms with Gasteiger partial charge in [-0.25, -0.2) is 4.72 Å². The molecule has 0 saturated carbocycles. The quantitative estimate of drug-likeness (QED) is 0.594. The van der Waals surface area contributed by atoms with Gasteiger partial charge in [0.05, 0.1) is 10.5 Å². The van der Waals surface area contributed by atoms with E-state index in [0.29, 0.717) is 5.57 Å². The molecule has 0 atom stereocenters. The van der Waals surface area contributed by atoms with Crippen LogP contribution >= 0.6 is 10.8 Å². The third-order valence-electron chi connectivity index (χ3n) is 2.34. The van der Waals surface area contributed by atoms with Crippen LogP contribution in [0.3, 0.4) is 0 Å². The second kappa shape index (κ2) is 2.98. The van der Waals surface area contributed by atoms with Gasteiger partial charge in [-0.1, -0.05) is 42.9 Å². The van der Waals surface area contributed by atoms with Gasteiger partial charge in [-0.15, -0.1) is 0 Å². The summed E-state index contributed by atoms with van der Waals surface area (Å²) >= 11 is 0. The maximum Gasteiger partial charge on any atom is 0.271 e. The first-order chi connectivity index (χ1) is 6.82. The van der Waals surface area contributed by atoms with Crippen LogP contribution in [-0.4, -0.2) is 15.0 Å². The molecule has 0 aromatic carbocycles.